The fourth-order valence-electron chi connectivity index (χ4n) is 1.68. The minimum absolute atomic E-state index is 0.463. The van der Waals surface area contributed by atoms with Crippen molar-refractivity contribution in [1.29, 1.82) is 31.6 Å². The molecule has 1 rings (SSSR count). The molecule has 0 saturated carbocycles. The maximum atomic E-state index is 11.9. The Morgan fingerprint density at radius 2 is 1.09 bits per heavy atom. The van der Waals surface area contributed by atoms with Crippen LogP contribution in [-0.4, -0.2) is 12.6 Å². The highest BCUT2D eigenvalue weighted by atomic mass is 16.5. The van der Waals surface area contributed by atoms with Crippen LogP contribution in [0.1, 0.15) is 38.2 Å². The fraction of sp³-hybridized carbons (Fsp3) is 0.0714. The van der Waals surface area contributed by atoms with Crippen LogP contribution in [0.25, 0.3) is 0 Å². The standard InChI is InChI=1S/C14H2N6O2/c15-1-2-22-14(21)13-11(6-19)9(4-17)8(3-16)10(5-18)12(13)7-20/h2H2. The summed E-state index contributed by atoms with van der Waals surface area (Å²) in [4.78, 5) is 11.9. The van der Waals surface area contributed by atoms with Gasteiger partial charge in [0, 0.05) is 0 Å². The molecule has 0 spiro atoms. The number of esters is 1. The van der Waals surface area contributed by atoms with Gasteiger partial charge in [-0.15, -0.1) is 0 Å². The van der Waals surface area contributed by atoms with E-state index in [0.29, 0.717) is 0 Å². The number of nitriles is 6. The van der Waals surface area contributed by atoms with E-state index in [2.05, 4.69) is 4.74 Å². The third kappa shape index (κ3) is 2.36. The summed E-state index contributed by atoms with van der Waals surface area (Å²) in [7, 11) is 0. The topological polar surface area (TPSA) is 169 Å². The third-order valence-electron chi connectivity index (χ3n) is 2.53. The molecule has 1 aromatic rings. The maximum absolute atomic E-state index is 11.9. The van der Waals surface area contributed by atoms with Gasteiger partial charge in [-0.2, -0.15) is 31.6 Å². The van der Waals surface area contributed by atoms with Crippen LogP contribution in [0.15, 0.2) is 0 Å². The largest absolute Gasteiger partial charge is 0.447 e. The van der Waals surface area contributed by atoms with Crippen molar-refractivity contribution in [2.75, 3.05) is 6.61 Å². The summed E-state index contributed by atoms with van der Waals surface area (Å²) < 4.78 is 4.53. The van der Waals surface area contributed by atoms with Crippen molar-refractivity contribution in [3.8, 4) is 36.4 Å². The summed E-state index contributed by atoms with van der Waals surface area (Å²) in [5, 5.41) is 53.9. The molecule has 0 aliphatic carbocycles. The molecule has 8 heteroatoms. The fourth-order valence-corrected chi connectivity index (χ4v) is 1.68. The summed E-state index contributed by atoms with van der Waals surface area (Å²) in [6, 6.07) is 9.35. The van der Waals surface area contributed by atoms with Crippen molar-refractivity contribution in [1.82, 2.24) is 0 Å². The Morgan fingerprint density at radius 1 is 0.727 bits per heavy atom. The van der Waals surface area contributed by atoms with Gasteiger partial charge in [0.05, 0.1) is 33.4 Å². The minimum Gasteiger partial charge on any atom is -0.447 e. The average molecular weight is 286 g/mol. The van der Waals surface area contributed by atoms with Gasteiger partial charge in [0.1, 0.15) is 36.4 Å². The van der Waals surface area contributed by atoms with Crippen LogP contribution in [0, 0.1) is 68.0 Å². The van der Waals surface area contributed by atoms with E-state index in [1.807, 2.05) is 0 Å². The number of nitrogens with zero attached hydrogens (tertiary/aromatic N) is 6. The molecule has 0 aromatic heterocycles. The monoisotopic (exact) mass is 286 g/mol. The number of hydrogen-bond acceptors (Lipinski definition) is 8. The number of carbonyl (C=O) groups excluding carboxylic acids is 1. The van der Waals surface area contributed by atoms with E-state index in [9.17, 15) is 4.79 Å². The second kappa shape index (κ2) is 6.70. The predicted octanol–water partition coefficient (Wildman–Crippen LogP) is 0.725. The molecular formula is C14H2N6O2. The highest BCUT2D eigenvalue weighted by Crippen LogP contribution is 2.27. The van der Waals surface area contributed by atoms with Crippen LogP contribution in [0.3, 0.4) is 0 Å². The van der Waals surface area contributed by atoms with Crippen LogP contribution in [0.5, 0.6) is 0 Å². The van der Waals surface area contributed by atoms with Gasteiger partial charge in [-0.1, -0.05) is 0 Å². The van der Waals surface area contributed by atoms with Crippen molar-refractivity contribution in [2.24, 2.45) is 0 Å². The lowest BCUT2D eigenvalue weighted by molar-refractivity contribution is 0.0554. The first-order valence-corrected chi connectivity index (χ1v) is 5.39. The van der Waals surface area contributed by atoms with Crippen molar-refractivity contribution >= 4 is 5.97 Å². The first-order valence-electron chi connectivity index (χ1n) is 5.39. The lowest BCUT2D eigenvalue weighted by atomic mass is 9.88. The molecule has 1 aromatic carbocycles. The van der Waals surface area contributed by atoms with E-state index >= 15 is 0 Å². The molecule has 0 radical (unpaired) electrons. The van der Waals surface area contributed by atoms with Crippen molar-refractivity contribution in [3.05, 3.63) is 33.4 Å². The Bertz CT molecular complexity index is 867. The van der Waals surface area contributed by atoms with Crippen LogP contribution in [0.2, 0.25) is 0 Å². The molecule has 0 unspecified atom stereocenters. The second-order valence-corrected chi connectivity index (χ2v) is 3.54. The lowest BCUT2D eigenvalue weighted by Crippen LogP contribution is -2.14. The molecule has 0 N–H and O–H groups in total. The Kier molecular flexibility index (Phi) is 4.78. The molecule has 0 fully saturated rings. The van der Waals surface area contributed by atoms with Gasteiger partial charge in [-0.05, 0) is 0 Å². The van der Waals surface area contributed by atoms with Gasteiger partial charge in [0.2, 0.25) is 0 Å². The van der Waals surface area contributed by atoms with Crippen molar-refractivity contribution in [3.63, 3.8) is 0 Å². The summed E-state index contributed by atoms with van der Waals surface area (Å²) >= 11 is 0. The van der Waals surface area contributed by atoms with Gasteiger partial charge in [-0.3, -0.25) is 0 Å². The van der Waals surface area contributed by atoms with Crippen LogP contribution >= 0.6 is 0 Å². The van der Waals surface area contributed by atoms with Crippen LogP contribution in [-0.2, 0) is 4.74 Å². The number of carbonyl (C=O) groups is 1. The van der Waals surface area contributed by atoms with Crippen molar-refractivity contribution in [2.45, 2.75) is 0 Å². The molecule has 0 amide bonds. The average Bonchev–Trinajstić information content (AvgIpc) is 2.56. The Morgan fingerprint density at radius 3 is 1.41 bits per heavy atom. The number of rotatable bonds is 2. The molecule has 0 saturated heterocycles. The van der Waals surface area contributed by atoms with Crippen LogP contribution < -0.4 is 0 Å². The maximum Gasteiger partial charge on any atom is 0.341 e. The molecule has 0 heterocycles. The Balaban J connectivity index is 3.99. The van der Waals surface area contributed by atoms with E-state index in [1.165, 1.54) is 6.07 Å². The molecule has 0 aliphatic rings. The Hall–Kier alpha value is -4.37. The molecule has 100 valence electrons. The zero-order valence-corrected chi connectivity index (χ0v) is 10.7. The summed E-state index contributed by atoms with van der Waals surface area (Å²) in [5.41, 5.74) is -3.15. The first kappa shape index (κ1) is 15.7. The van der Waals surface area contributed by atoms with Crippen LogP contribution in [0.4, 0.5) is 0 Å². The van der Waals surface area contributed by atoms with Gasteiger partial charge in [0.25, 0.3) is 0 Å². The summed E-state index contributed by atoms with van der Waals surface area (Å²) in [5.74, 6) is -1.20. The summed E-state index contributed by atoms with van der Waals surface area (Å²) in [6.45, 7) is -0.641. The molecule has 0 bridgehead atoms. The predicted molar refractivity (Wildman–Crippen MR) is 65.9 cm³/mol. The molecular weight excluding hydrogens is 284 g/mol. The SMILES string of the molecule is N#CCOC(=O)c1c(C#N)c(C#N)c(C#N)c(C#N)c1C#N. The smallest absolute Gasteiger partial charge is 0.341 e. The van der Waals surface area contributed by atoms with Gasteiger partial charge >= 0.3 is 5.97 Å². The summed E-state index contributed by atoms with van der Waals surface area (Å²) in [6.07, 6.45) is 0. The van der Waals surface area contributed by atoms with E-state index in [0.717, 1.165) is 0 Å². The van der Waals surface area contributed by atoms with Gasteiger partial charge in [-0.25, -0.2) is 4.79 Å². The third-order valence-corrected chi connectivity index (χ3v) is 2.53. The number of ether oxygens (including phenoxy) is 1. The molecule has 8 nitrogen and oxygen atoms in total. The van der Waals surface area contributed by atoms with E-state index in [1.54, 1.807) is 30.3 Å². The highest BCUT2D eigenvalue weighted by molar-refractivity contribution is 5.97. The van der Waals surface area contributed by atoms with E-state index in [-0.39, 0.29) is 0 Å². The van der Waals surface area contributed by atoms with Crippen molar-refractivity contribution < 1.29 is 9.53 Å². The Labute approximate surface area is 124 Å². The second-order valence-electron chi connectivity index (χ2n) is 3.54. The van der Waals surface area contributed by atoms with E-state index < -0.39 is 46.0 Å². The first-order chi connectivity index (χ1) is 10.6. The van der Waals surface area contributed by atoms with Gasteiger partial charge < -0.3 is 4.74 Å². The molecule has 22 heavy (non-hydrogen) atoms. The number of benzene rings is 1. The van der Waals surface area contributed by atoms with E-state index in [4.69, 9.17) is 31.6 Å². The zero-order valence-electron chi connectivity index (χ0n) is 10.7. The van der Waals surface area contributed by atoms with Gasteiger partial charge in [0.15, 0.2) is 6.61 Å². The minimum atomic E-state index is -1.20. The molecule has 0 atom stereocenters. The normalized spacial score (nSPS) is 8.09. The highest BCUT2D eigenvalue weighted by Gasteiger charge is 2.29. The zero-order chi connectivity index (χ0) is 16.7. The number of hydrogen-bond donors (Lipinski definition) is 0. The molecule has 0 aliphatic heterocycles. The lowest BCUT2D eigenvalue weighted by Gasteiger charge is -2.10. The quantitative estimate of drug-likeness (QED) is 0.716.